The molecule has 1 unspecified atom stereocenters. The summed E-state index contributed by atoms with van der Waals surface area (Å²) in [6.07, 6.45) is 0.750. The zero-order valence-electron chi connectivity index (χ0n) is 16.8. The van der Waals surface area contributed by atoms with Gasteiger partial charge in [0.2, 0.25) is 5.91 Å². The van der Waals surface area contributed by atoms with Gasteiger partial charge in [-0.2, -0.15) is 0 Å². The number of amides is 2. The first kappa shape index (κ1) is 22.2. The number of carbonyl (C=O) groups is 2. The fourth-order valence-electron chi connectivity index (χ4n) is 2.51. The average molecular weight is 420 g/mol. The van der Waals surface area contributed by atoms with E-state index in [2.05, 4.69) is 15.4 Å². The molecule has 0 fully saturated rings. The molecule has 0 spiro atoms. The second-order valence-electron chi connectivity index (χ2n) is 6.48. The molecule has 0 radical (unpaired) electrons. The number of anilines is 2. The molecule has 9 heteroatoms. The third kappa shape index (κ3) is 5.71. The van der Waals surface area contributed by atoms with E-state index < -0.39 is 10.0 Å². The Morgan fingerprint density at radius 1 is 1.10 bits per heavy atom. The highest BCUT2D eigenvalue weighted by Crippen LogP contribution is 2.29. The van der Waals surface area contributed by atoms with Gasteiger partial charge in [-0.25, -0.2) is 8.42 Å². The Bertz CT molecular complexity index is 1000. The van der Waals surface area contributed by atoms with E-state index in [1.807, 2.05) is 13.8 Å². The van der Waals surface area contributed by atoms with Crippen molar-refractivity contribution >= 4 is 33.2 Å². The lowest BCUT2D eigenvalue weighted by atomic mass is 10.1. The first-order chi connectivity index (χ1) is 13.7. The van der Waals surface area contributed by atoms with Crippen LogP contribution in [0, 0.1) is 0 Å². The highest BCUT2D eigenvalue weighted by atomic mass is 32.2. The summed E-state index contributed by atoms with van der Waals surface area (Å²) in [4.78, 5) is 23.7. The van der Waals surface area contributed by atoms with E-state index in [4.69, 9.17) is 4.74 Å². The third-order valence-corrected chi connectivity index (χ3v) is 5.56. The number of ether oxygens (including phenoxy) is 1. The van der Waals surface area contributed by atoms with Gasteiger partial charge in [0.25, 0.3) is 15.9 Å². The number of nitrogens with one attached hydrogen (secondary N) is 3. The molecule has 2 amide bonds. The molecule has 0 aromatic heterocycles. The summed E-state index contributed by atoms with van der Waals surface area (Å²) in [5.74, 6) is -0.472. The monoisotopic (exact) mass is 419 g/mol. The number of rotatable bonds is 8. The van der Waals surface area contributed by atoms with Gasteiger partial charge < -0.3 is 15.4 Å². The Morgan fingerprint density at radius 2 is 1.79 bits per heavy atom. The standard InChI is InChI=1S/C20H25N3O5S/c1-5-13(2)21-20(25)16-8-6-7-9-17(16)23-29(26,27)15-10-11-18(22-14(3)24)19(12-15)28-4/h6-13,23H,5H2,1-4H3,(H,21,25)(H,22,24). The van der Waals surface area contributed by atoms with Crippen molar-refractivity contribution in [3.8, 4) is 5.75 Å². The lowest BCUT2D eigenvalue weighted by Crippen LogP contribution is -2.32. The Kier molecular flexibility index (Phi) is 7.22. The van der Waals surface area contributed by atoms with Crippen molar-refractivity contribution in [1.29, 1.82) is 0 Å². The van der Waals surface area contributed by atoms with Crippen molar-refractivity contribution < 1.29 is 22.7 Å². The summed E-state index contributed by atoms with van der Waals surface area (Å²) in [5.41, 5.74) is 0.740. The third-order valence-electron chi connectivity index (χ3n) is 4.20. The molecule has 0 bridgehead atoms. The van der Waals surface area contributed by atoms with Crippen LogP contribution in [0.15, 0.2) is 47.4 Å². The quantitative estimate of drug-likeness (QED) is 0.609. The highest BCUT2D eigenvalue weighted by molar-refractivity contribution is 7.92. The Labute approximate surface area is 170 Å². The Hall–Kier alpha value is -3.07. The molecule has 29 heavy (non-hydrogen) atoms. The predicted octanol–water partition coefficient (Wildman–Crippen LogP) is 2.98. The first-order valence-electron chi connectivity index (χ1n) is 9.06. The van der Waals surface area contributed by atoms with Crippen molar-refractivity contribution in [3.05, 3.63) is 48.0 Å². The molecule has 3 N–H and O–H groups in total. The molecular formula is C20H25N3O5S. The van der Waals surface area contributed by atoms with Crippen LogP contribution in [0.3, 0.4) is 0 Å². The van der Waals surface area contributed by atoms with E-state index in [1.165, 1.54) is 38.3 Å². The minimum absolute atomic E-state index is 0.0438. The molecule has 0 aliphatic heterocycles. The molecule has 0 heterocycles. The fourth-order valence-corrected chi connectivity index (χ4v) is 3.60. The van der Waals surface area contributed by atoms with E-state index in [0.29, 0.717) is 5.69 Å². The van der Waals surface area contributed by atoms with Gasteiger partial charge in [-0.1, -0.05) is 19.1 Å². The van der Waals surface area contributed by atoms with E-state index in [9.17, 15) is 18.0 Å². The molecule has 0 saturated carbocycles. The van der Waals surface area contributed by atoms with Gasteiger partial charge in [-0.15, -0.1) is 0 Å². The van der Waals surface area contributed by atoms with Crippen molar-refractivity contribution in [3.63, 3.8) is 0 Å². The van der Waals surface area contributed by atoms with Crippen LogP contribution in [-0.4, -0.2) is 33.4 Å². The van der Waals surface area contributed by atoms with Crippen LogP contribution in [0.4, 0.5) is 11.4 Å². The van der Waals surface area contributed by atoms with Crippen molar-refractivity contribution in [1.82, 2.24) is 5.32 Å². The average Bonchev–Trinajstić information content (AvgIpc) is 2.67. The number of hydrogen-bond donors (Lipinski definition) is 3. The van der Waals surface area contributed by atoms with Crippen molar-refractivity contribution in [2.45, 2.75) is 38.1 Å². The highest BCUT2D eigenvalue weighted by Gasteiger charge is 2.21. The van der Waals surface area contributed by atoms with Gasteiger partial charge >= 0.3 is 0 Å². The molecule has 2 aromatic carbocycles. The summed E-state index contributed by atoms with van der Waals surface area (Å²) in [6.45, 7) is 5.15. The number of methoxy groups -OCH3 is 1. The maximum absolute atomic E-state index is 12.9. The van der Waals surface area contributed by atoms with Gasteiger partial charge in [0, 0.05) is 19.0 Å². The fraction of sp³-hybridized carbons (Fsp3) is 0.300. The van der Waals surface area contributed by atoms with Gasteiger partial charge in [0.1, 0.15) is 5.75 Å². The van der Waals surface area contributed by atoms with Crippen molar-refractivity contribution in [2.75, 3.05) is 17.1 Å². The second kappa shape index (κ2) is 9.42. The van der Waals surface area contributed by atoms with Crippen molar-refractivity contribution in [2.24, 2.45) is 0 Å². The van der Waals surface area contributed by atoms with Crippen LogP contribution >= 0.6 is 0 Å². The predicted molar refractivity (Wildman–Crippen MR) is 112 cm³/mol. The van der Waals surface area contributed by atoms with Gasteiger partial charge in [-0.3, -0.25) is 14.3 Å². The summed E-state index contributed by atoms with van der Waals surface area (Å²) >= 11 is 0. The van der Waals surface area contributed by atoms with E-state index >= 15 is 0 Å². The largest absolute Gasteiger partial charge is 0.495 e. The van der Waals surface area contributed by atoms with Gasteiger partial charge in [-0.05, 0) is 37.6 Å². The van der Waals surface area contributed by atoms with E-state index in [0.717, 1.165) is 6.42 Å². The van der Waals surface area contributed by atoms with Crippen LogP contribution in [0.25, 0.3) is 0 Å². The number of carbonyl (C=O) groups excluding carboxylic acids is 2. The lowest BCUT2D eigenvalue weighted by molar-refractivity contribution is -0.114. The first-order valence-corrected chi connectivity index (χ1v) is 10.5. The minimum atomic E-state index is -4.00. The van der Waals surface area contributed by atoms with E-state index in [1.54, 1.807) is 18.2 Å². The zero-order chi connectivity index (χ0) is 21.6. The lowest BCUT2D eigenvalue weighted by Gasteiger charge is -2.16. The zero-order valence-corrected chi connectivity index (χ0v) is 17.6. The molecule has 0 aliphatic carbocycles. The SMILES string of the molecule is CCC(C)NC(=O)c1ccccc1NS(=O)(=O)c1ccc(NC(C)=O)c(OC)c1. The maximum atomic E-state index is 12.9. The molecule has 156 valence electrons. The molecule has 8 nitrogen and oxygen atoms in total. The van der Waals surface area contributed by atoms with Gasteiger partial charge in [0.15, 0.2) is 0 Å². The van der Waals surface area contributed by atoms with Crippen LogP contribution in [0.1, 0.15) is 37.6 Å². The summed E-state index contributed by atoms with van der Waals surface area (Å²) in [7, 11) is -2.63. The molecular weight excluding hydrogens is 394 g/mol. The number of para-hydroxylation sites is 1. The summed E-state index contributed by atoms with van der Waals surface area (Å²) < 4.78 is 33.4. The number of sulfonamides is 1. The Morgan fingerprint density at radius 3 is 2.41 bits per heavy atom. The molecule has 1 atom stereocenters. The van der Waals surface area contributed by atoms with Gasteiger partial charge in [0.05, 0.1) is 28.9 Å². The van der Waals surface area contributed by atoms with Crippen LogP contribution in [0.2, 0.25) is 0 Å². The maximum Gasteiger partial charge on any atom is 0.262 e. The second-order valence-corrected chi connectivity index (χ2v) is 8.16. The summed E-state index contributed by atoms with van der Waals surface area (Å²) in [5, 5.41) is 5.39. The smallest absolute Gasteiger partial charge is 0.262 e. The van der Waals surface area contributed by atoms with Crippen LogP contribution < -0.4 is 20.1 Å². The molecule has 0 aliphatic rings. The molecule has 0 saturated heterocycles. The minimum Gasteiger partial charge on any atom is -0.495 e. The number of hydrogen-bond acceptors (Lipinski definition) is 5. The number of benzene rings is 2. The van der Waals surface area contributed by atoms with Crippen LogP contribution in [-0.2, 0) is 14.8 Å². The topological polar surface area (TPSA) is 114 Å². The molecule has 2 aromatic rings. The van der Waals surface area contributed by atoms with E-state index in [-0.39, 0.29) is 39.8 Å². The molecule has 2 rings (SSSR count). The van der Waals surface area contributed by atoms with Crippen LogP contribution in [0.5, 0.6) is 5.75 Å². The Balaban J connectivity index is 2.35. The summed E-state index contributed by atoms with van der Waals surface area (Å²) in [6, 6.07) is 10.4. The normalized spacial score (nSPS) is 12.0.